The zero-order valence-corrected chi connectivity index (χ0v) is 11.2. The maximum atomic E-state index is 8.91. The normalized spacial score (nSPS) is 13.6. The van der Waals surface area contributed by atoms with Gasteiger partial charge in [0.05, 0.1) is 6.54 Å². The number of aliphatic hydroxyl groups excluding tert-OH is 1. The largest absolute Gasteiger partial charge is 0.462 e. The Morgan fingerprint density at radius 1 is 1.29 bits per heavy atom. The van der Waals surface area contributed by atoms with Crippen LogP contribution in [-0.4, -0.2) is 36.7 Å². The Hall–Kier alpha value is -0.840. The number of rotatable bonds is 7. The van der Waals surface area contributed by atoms with Crippen LogP contribution in [0, 0.1) is 5.92 Å². The summed E-state index contributed by atoms with van der Waals surface area (Å²) in [5.41, 5.74) is 0. The molecule has 1 aromatic heterocycles. The van der Waals surface area contributed by atoms with Crippen LogP contribution in [0.15, 0.2) is 16.5 Å². The summed E-state index contributed by atoms with van der Waals surface area (Å²) in [6.45, 7) is 6.10. The molecule has 0 aromatic carbocycles. The van der Waals surface area contributed by atoms with Gasteiger partial charge in [-0.3, -0.25) is 0 Å². The average Bonchev–Trinajstić information content (AvgIpc) is 2.71. The van der Waals surface area contributed by atoms with Crippen LogP contribution in [0.4, 0.5) is 0 Å². The number of furan rings is 1. The Balaban J connectivity index is 2.45. The Bertz CT molecular complexity index is 321. The minimum Gasteiger partial charge on any atom is -0.462 e. The first-order valence-electron chi connectivity index (χ1n) is 6.09. The second kappa shape index (κ2) is 6.79. The first-order valence-corrected chi connectivity index (χ1v) is 6.09. The minimum absolute atomic E-state index is 0.0364. The molecular weight excluding hydrogens is 216 g/mol. The fourth-order valence-corrected chi connectivity index (χ4v) is 1.74. The van der Waals surface area contributed by atoms with Crippen molar-refractivity contribution >= 4 is 0 Å². The summed E-state index contributed by atoms with van der Waals surface area (Å²) < 4.78 is 5.44. The topological polar surface area (TPSA) is 48.6 Å². The highest BCUT2D eigenvalue weighted by Gasteiger charge is 2.14. The van der Waals surface area contributed by atoms with E-state index in [1.807, 2.05) is 12.1 Å². The van der Waals surface area contributed by atoms with Crippen molar-refractivity contribution in [2.75, 3.05) is 20.6 Å². The lowest BCUT2D eigenvalue weighted by Gasteiger charge is -2.25. The Morgan fingerprint density at radius 2 is 1.94 bits per heavy atom. The van der Waals surface area contributed by atoms with Crippen molar-refractivity contribution in [2.24, 2.45) is 5.92 Å². The predicted octanol–water partition coefficient (Wildman–Crippen LogP) is 1.45. The third-order valence-corrected chi connectivity index (χ3v) is 2.78. The van der Waals surface area contributed by atoms with Gasteiger partial charge in [-0.1, -0.05) is 13.8 Å². The molecule has 0 radical (unpaired) electrons. The molecule has 0 spiro atoms. The molecule has 0 aliphatic carbocycles. The van der Waals surface area contributed by atoms with Crippen LogP contribution in [0.1, 0.15) is 25.4 Å². The van der Waals surface area contributed by atoms with Crippen LogP contribution in [0.25, 0.3) is 0 Å². The van der Waals surface area contributed by atoms with Gasteiger partial charge in [-0.15, -0.1) is 0 Å². The van der Waals surface area contributed by atoms with Crippen molar-refractivity contribution in [1.82, 2.24) is 10.2 Å². The van der Waals surface area contributed by atoms with E-state index >= 15 is 0 Å². The maximum absolute atomic E-state index is 8.91. The van der Waals surface area contributed by atoms with Crippen molar-refractivity contribution in [3.63, 3.8) is 0 Å². The van der Waals surface area contributed by atoms with E-state index in [1.165, 1.54) is 0 Å². The molecule has 0 saturated carbocycles. The van der Waals surface area contributed by atoms with Gasteiger partial charge in [0, 0.05) is 12.6 Å². The highest BCUT2D eigenvalue weighted by atomic mass is 16.4. The van der Waals surface area contributed by atoms with Crippen molar-refractivity contribution in [3.05, 3.63) is 23.7 Å². The second-order valence-electron chi connectivity index (χ2n) is 5.02. The van der Waals surface area contributed by atoms with Crippen LogP contribution >= 0.6 is 0 Å². The van der Waals surface area contributed by atoms with E-state index in [4.69, 9.17) is 9.52 Å². The molecule has 0 fully saturated rings. The van der Waals surface area contributed by atoms with E-state index in [9.17, 15) is 0 Å². The quantitative estimate of drug-likeness (QED) is 0.757. The molecule has 0 amide bonds. The molecular formula is C13H24N2O2. The summed E-state index contributed by atoms with van der Waals surface area (Å²) >= 11 is 0. The van der Waals surface area contributed by atoms with Crippen LogP contribution in [-0.2, 0) is 13.2 Å². The zero-order valence-electron chi connectivity index (χ0n) is 11.2. The van der Waals surface area contributed by atoms with E-state index in [-0.39, 0.29) is 6.61 Å². The van der Waals surface area contributed by atoms with Crippen LogP contribution < -0.4 is 5.32 Å². The second-order valence-corrected chi connectivity index (χ2v) is 5.02. The van der Waals surface area contributed by atoms with Gasteiger partial charge >= 0.3 is 0 Å². The molecule has 1 aromatic rings. The summed E-state index contributed by atoms with van der Waals surface area (Å²) in [6, 6.07) is 4.16. The summed E-state index contributed by atoms with van der Waals surface area (Å²) in [5.74, 6) is 2.07. The van der Waals surface area contributed by atoms with Crippen LogP contribution in [0.5, 0.6) is 0 Å². The van der Waals surface area contributed by atoms with Gasteiger partial charge in [0.15, 0.2) is 0 Å². The molecule has 1 unspecified atom stereocenters. The lowest BCUT2D eigenvalue weighted by atomic mass is 10.0. The Labute approximate surface area is 104 Å². The van der Waals surface area contributed by atoms with Gasteiger partial charge in [0.25, 0.3) is 0 Å². The third kappa shape index (κ3) is 4.89. The molecule has 1 heterocycles. The highest BCUT2D eigenvalue weighted by molar-refractivity contribution is 5.06. The van der Waals surface area contributed by atoms with E-state index in [0.717, 1.165) is 12.3 Å². The van der Waals surface area contributed by atoms with Gasteiger partial charge in [-0.2, -0.15) is 0 Å². The lowest BCUT2D eigenvalue weighted by Crippen LogP contribution is -2.41. The first kappa shape index (κ1) is 14.2. The zero-order chi connectivity index (χ0) is 12.8. The number of nitrogens with zero attached hydrogens (tertiary/aromatic N) is 1. The predicted molar refractivity (Wildman–Crippen MR) is 68.7 cm³/mol. The molecule has 2 N–H and O–H groups in total. The molecule has 4 nitrogen and oxygen atoms in total. The average molecular weight is 240 g/mol. The van der Waals surface area contributed by atoms with Crippen molar-refractivity contribution in [1.29, 1.82) is 0 Å². The number of aliphatic hydroxyl groups is 1. The molecule has 0 aliphatic rings. The van der Waals surface area contributed by atoms with E-state index in [2.05, 4.69) is 38.2 Å². The standard InChI is InChI=1S/C13H24N2O2/c1-10(2)13(8-15(3)4)14-7-11-5-6-12(9-16)17-11/h5-6,10,13-14,16H,7-9H2,1-4H3. The number of likely N-dealkylation sites (N-methyl/N-ethyl adjacent to an activating group) is 1. The lowest BCUT2D eigenvalue weighted by molar-refractivity contribution is 0.239. The Kier molecular flexibility index (Phi) is 5.68. The van der Waals surface area contributed by atoms with Gasteiger partial charge in [-0.25, -0.2) is 0 Å². The number of hydrogen-bond acceptors (Lipinski definition) is 4. The fraction of sp³-hybridized carbons (Fsp3) is 0.692. The minimum atomic E-state index is -0.0364. The summed E-state index contributed by atoms with van der Waals surface area (Å²) in [7, 11) is 4.15. The molecule has 0 aliphatic heterocycles. The van der Waals surface area contributed by atoms with Gasteiger partial charge in [-0.05, 0) is 32.1 Å². The van der Waals surface area contributed by atoms with Crippen LogP contribution in [0.3, 0.4) is 0 Å². The van der Waals surface area contributed by atoms with Gasteiger partial charge < -0.3 is 19.7 Å². The summed E-state index contributed by atoms with van der Waals surface area (Å²) in [6.07, 6.45) is 0. The summed E-state index contributed by atoms with van der Waals surface area (Å²) in [4.78, 5) is 2.18. The van der Waals surface area contributed by atoms with Crippen molar-refractivity contribution in [2.45, 2.75) is 33.0 Å². The molecule has 1 atom stereocenters. The first-order chi connectivity index (χ1) is 8.02. The SMILES string of the molecule is CC(C)C(CN(C)C)NCc1ccc(CO)o1. The smallest absolute Gasteiger partial charge is 0.129 e. The van der Waals surface area contributed by atoms with E-state index in [1.54, 1.807) is 0 Å². The van der Waals surface area contributed by atoms with Crippen molar-refractivity contribution < 1.29 is 9.52 Å². The molecule has 17 heavy (non-hydrogen) atoms. The van der Waals surface area contributed by atoms with Crippen LogP contribution in [0.2, 0.25) is 0 Å². The number of hydrogen-bond donors (Lipinski definition) is 2. The van der Waals surface area contributed by atoms with E-state index < -0.39 is 0 Å². The molecule has 0 saturated heterocycles. The molecule has 4 heteroatoms. The molecule has 1 rings (SSSR count). The monoisotopic (exact) mass is 240 g/mol. The van der Waals surface area contributed by atoms with Gasteiger partial charge in [0.1, 0.15) is 18.1 Å². The van der Waals surface area contributed by atoms with Gasteiger partial charge in [0.2, 0.25) is 0 Å². The maximum Gasteiger partial charge on any atom is 0.129 e. The fourth-order valence-electron chi connectivity index (χ4n) is 1.74. The summed E-state index contributed by atoms with van der Waals surface area (Å²) in [5, 5.41) is 12.4. The molecule has 0 bridgehead atoms. The van der Waals surface area contributed by atoms with E-state index in [0.29, 0.717) is 24.3 Å². The number of nitrogens with one attached hydrogen (secondary N) is 1. The van der Waals surface area contributed by atoms with Crippen molar-refractivity contribution in [3.8, 4) is 0 Å². The Morgan fingerprint density at radius 3 is 2.41 bits per heavy atom. The highest BCUT2D eigenvalue weighted by Crippen LogP contribution is 2.09. The molecule has 98 valence electrons. The third-order valence-electron chi connectivity index (χ3n) is 2.78.